The third kappa shape index (κ3) is 1.23. The summed E-state index contributed by atoms with van der Waals surface area (Å²) in [6, 6.07) is 0. The average molecular weight is 128 g/mol. The second kappa shape index (κ2) is 2.38. The minimum atomic E-state index is -0.611. The van der Waals surface area contributed by atoms with Gasteiger partial charge in [0.2, 0.25) is 0 Å². The molecule has 1 fully saturated rings. The van der Waals surface area contributed by atoms with E-state index in [4.69, 9.17) is 5.11 Å². The smallest absolute Gasteiger partial charge is 0.306 e. The molecule has 1 saturated carbocycles. The van der Waals surface area contributed by atoms with Crippen LogP contribution in [0.1, 0.15) is 26.2 Å². The lowest BCUT2D eigenvalue weighted by atomic mass is 9.99. The molecular weight excluding hydrogens is 116 g/mol. The van der Waals surface area contributed by atoms with Gasteiger partial charge in [-0.15, -0.1) is 0 Å². The molecule has 0 amide bonds. The van der Waals surface area contributed by atoms with Gasteiger partial charge in [0.1, 0.15) is 0 Å². The van der Waals surface area contributed by atoms with Crippen LogP contribution in [0.4, 0.5) is 0 Å². The molecule has 2 nitrogen and oxygen atoms in total. The van der Waals surface area contributed by atoms with E-state index in [0.29, 0.717) is 5.92 Å². The van der Waals surface area contributed by atoms with Gasteiger partial charge >= 0.3 is 5.97 Å². The monoisotopic (exact) mass is 128 g/mol. The van der Waals surface area contributed by atoms with Gasteiger partial charge in [0, 0.05) is 0 Å². The van der Waals surface area contributed by atoms with Crippen molar-refractivity contribution in [2.75, 3.05) is 0 Å². The molecule has 0 heterocycles. The summed E-state index contributed by atoms with van der Waals surface area (Å²) in [6.45, 7) is 2.02. The summed E-state index contributed by atoms with van der Waals surface area (Å²) >= 11 is 0. The van der Waals surface area contributed by atoms with E-state index in [-0.39, 0.29) is 5.92 Å². The highest BCUT2D eigenvalue weighted by Crippen LogP contribution is 2.30. The van der Waals surface area contributed by atoms with Gasteiger partial charge in [0.15, 0.2) is 0 Å². The first-order chi connectivity index (χ1) is 4.22. The maximum Gasteiger partial charge on any atom is 0.306 e. The molecule has 1 N–H and O–H groups in total. The van der Waals surface area contributed by atoms with E-state index >= 15 is 0 Å². The van der Waals surface area contributed by atoms with E-state index in [9.17, 15) is 4.79 Å². The molecule has 0 radical (unpaired) electrons. The lowest BCUT2D eigenvalue weighted by molar-refractivity contribution is -0.142. The van der Waals surface area contributed by atoms with Gasteiger partial charge in [-0.2, -0.15) is 0 Å². The first-order valence-corrected chi connectivity index (χ1v) is 3.44. The molecule has 0 bridgehead atoms. The molecule has 0 aromatic rings. The lowest BCUT2D eigenvalue weighted by Crippen LogP contribution is -2.15. The molecule has 0 aromatic heterocycles. The highest BCUT2D eigenvalue weighted by molar-refractivity contribution is 5.70. The summed E-state index contributed by atoms with van der Waals surface area (Å²) in [7, 11) is 0. The molecule has 1 aliphatic rings. The summed E-state index contributed by atoms with van der Waals surface area (Å²) < 4.78 is 0. The predicted molar refractivity (Wildman–Crippen MR) is 34.1 cm³/mol. The van der Waals surface area contributed by atoms with Crippen molar-refractivity contribution in [1.82, 2.24) is 0 Å². The van der Waals surface area contributed by atoms with Crippen LogP contribution in [0.25, 0.3) is 0 Å². The number of carboxylic acids is 1. The largest absolute Gasteiger partial charge is 0.481 e. The summed E-state index contributed by atoms with van der Waals surface area (Å²) in [6.07, 6.45) is 3.08. The summed E-state index contributed by atoms with van der Waals surface area (Å²) in [5.74, 6) is -0.257. The standard InChI is InChI=1S/C7H12O2/c1-5-3-2-4-6(5)7(8)9/h5-6H,2-4H2,1H3,(H,8,9)/t5-,6-/m0/s1. The van der Waals surface area contributed by atoms with Crippen molar-refractivity contribution in [3.63, 3.8) is 0 Å². The fraction of sp³-hybridized carbons (Fsp3) is 0.857. The zero-order chi connectivity index (χ0) is 6.85. The van der Waals surface area contributed by atoms with Gasteiger partial charge in [-0.05, 0) is 18.8 Å². The maximum atomic E-state index is 10.4. The Labute approximate surface area is 54.9 Å². The fourth-order valence-corrected chi connectivity index (χ4v) is 1.51. The Morgan fingerprint density at radius 1 is 1.56 bits per heavy atom. The van der Waals surface area contributed by atoms with E-state index < -0.39 is 5.97 Å². The van der Waals surface area contributed by atoms with E-state index in [1.54, 1.807) is 0 Å². The molecule has 0 saturated heterocycles. The number of carbonyl (C=O) groups is 1. The Bertz CT molecular complexity index is 120. The van der Waals surface area contributed by atoms with Crippen molar-refractivity contribution < 1.29 is 9.90 Å². The van der Waals surface area contributed by atoms with Crippen molar-refractivity contribution in [2.24, 2.45) is 11.8 Å². The van der Waals surface area contributed by atoms with Crippen LogP contribution in [0, 0.1) is 11.8 Å². The Morgan fingerprint density at radius 3 is 2.44 bits per heavy atom. The first kappa shape index (κ1) is 6.59. The van der Waals surface area contributed by atoms with Gasteiger partial charge < -0.3 is 5.11 Å². The van der Waals surface area contributed by atoms with Gasteiger partial charge in [-0.1, -0.05) is 13.3 Å². The number of carboxylic acid groups (broad SMARTS) is 1. The number of rotatable bonds is 1. The molecule has 0 spiro atoms. The van der Waals surface area contributed by atoms with Gasteiger partial charge in [-0.25, -0.2) is 0 Å². The van der Waals surface area contributed by atoms with Gasteiger partial charge in [0.25, 0.3) is 0 Å². The minimum Gasteiger partial charge on any atom is -0.481 e. The Morgan fingerprint density at radius 2 is 2.22 bits per heavy atom. The molecule has 2 heteroatoms. The Kier molecular flexibility index (Phi) is 1.74. The zero-order valence-corrected chi connectivity index (χ0v) is 5.63. The first-order valence-electron chi connectivity index (χ1n) is 3.44. The third-order valence-electron chi connectivity index (χ3n) is 2.18. The normalized spacial score (nSPS) is 34.8. The number of hydrogen-bond acceptors (Lipinski definition) is 1. The second-order valence-corrected chi connectivity index (χ2v) is 2.85. The number of hydrogen-bond donors (Lipinski definition) is 1. The van der Waals surface area contributed by atoms with Crippen LogP contribution >= 0.6 is 0 Å². The van der Waals surface area contributed by atoms with Crippen LogP contribution in [0.5, 0.6) is 0 Å². The molecular formula is C7H12O2. The van der Waals surface area contributed by atoms with E-state index in [0.717, 1.165) is 19.3 Å². The molecule has 0 aliphatic heterocycles. The Balaban J connectivity index is 2.49. The van der Waals surface area contributed by atoms with Crippen molar-refractivity contribution in [1.29, 1.82) is 0 Å². The topological polar surface area (TPSA) is 37.3 Å². The quantitative estimate of drug-likeness (QED) is 0.581. The van der Waals surface area contributed by atoms with Crippen LogP contribution < -0.4 is 0 Å². The van der Waals surface area contributed by atoms with E-state index in [1.165, 1.54) is 0 Å². The molecule has 2 atom stereocenters. The molecule has 0 aromatic carbocycles. The van der Waals surface area contributed by atoms with Crippen LogP contribution in [0.3, 0.4) is 0 Å². The Hall–Kier alpha value is -0.530. The fourth-order valence-electron chi connectivity index (χ4n) is 1.51. The number of aliphatic carboxylic acids is 1. The summed E-state index contributed by atoms with van der Waals surface area (Å²) in [5, 5.41) is 8.58. The molecule has 52 valence electrons. The molecule has 1 aliphatic carbocycles. The molecule has 1 rings (SSSR count). The van der Waals surface area contributed by atoms with Gasteiger partial charge in [0.05, 0.1) is 5.92 Å². The van der Waals surface area contributed by atoms with Crippen LogP contribution in [0.15, 0.2) is 0 Å². The SMILES string of the molecule is C[C@H]1CCC[C@@H]1C(=O)O. The average Bonchev–Trinajstić information content (AvgIpc) is 2.13. The van der Waals surface area contributed by atoms with E-state index in [1.807, 2.05) is 6.92 Å². The third-order valence-corrected chi connectivity index (χ3v) is 2.18. The van der Waals surface area contributed by atoms with Crippen molar-refractivity contribution in [3.8, 4) is 0 Å². The van der Waals surface area contributed by atoms with E-state index in [2.05, 4.69) is 0 Å². The molecule has 0 unspecified atom stereocenters. The van der Waals surface area contributed by atoms with Crippen molar-refractivity contribution >= 4 is 5.97 Å². The van der Waals surface area contributed by atoms with Crippen molar-refractivity contribution in [3.05, 3.63) is 0 Å². The second-order valence-electron chi connectivity index (χ2n) is 2.85. The predicted octanol–water partition coefficient (Wildman–Crippen LogP) is 1.51. The minimum absolute atomic E-state index is 0.0509. The lowest BCUT2D eigenvalue weighted by Gasteiger charge is -2.07. The highest BCUT2D eigenvalue weighted by atomic mass is 16.4. The highest BCUT2D eigenvalue weighted by Gasteiger charge is 2.28. The summed E-state index contributed by atoms with van der Waals surface area (Å²) in [5.41, 5.74) is 0. The zero-order valence-electron chi connectivity index (χ0n) is 5.63. The maximum absolute atomic E-state index is 10.4. The molecule has 9 heavy (non-hydrogen) atoms. The van der Waals surface area contributed by atoms with Crippen molar-refractivity contribution in [2.45, 2.75) is 26.2 Å². The summed E-state index contributed by atoms with van der Waals surface area (Å²) in [4.78, 5) is 10.4. The van der Waals surface area contributed by atoms with Crippen LogP contribution in [-0.2, 0) is 4.79 Å². The van der Waals surface area contributed by atoms with Crippen LogP contribution in [-0.4, -0.2) is 11.1 Å². The van der Waals surface area contributed by atoms with Gasteiger partial charge in [-0.3, -0.25) is 4.79 Å². The van der Waals surface area contributed by atoms with Crippen LogP contribution in [0.2, 0.25) is 0 Å².